The van der Waals surface area contributed by atoms with Gasteiger partial charge in [0, 0.05) is 30.6 Å². The fourth-order valence-corrected chi connectivity index (χ4v) is 4.73. The molecule has 2 aromatic rings. The third-order valence-corrected chi connectivity index (χ3v) is 6.33. The van der Waals surface area contributed by atoms with Crippen LogP contribution in [0.15, 0.2) is 28.8 Å². The molecule has 0 unspecified atom stereocenters. The number of benzene rings is 1. The highest BCUT2D eigenvalue weighted by Crippen LogP contribution is 2.42. The molecule has 0 N–H and O–H groups in total. The lowest BCUT2D eigenvalue weighted by molar-refractivity contribution is 0.0970. The first-order valence-corrected chi connectivity index (χ1v) is 9.56. The fraction of sp³-hybridized carbons (Fsp3) is 0.571. The molecule has 1 aromatic carbocycles. The van der Waals surface area contributed by atoms with Gasteiger partial charge in [-0.15, -0.1) is 0 Å². The first kappa shape index (κ1) is 16.8. The predicted octanol–water partition coefficient (Wildman–Crippen LogP) is 3.66. The van der Waals surface area contributed by atoms with Crippen LogP contribution in [0.25, 0.3) is 0 Å². The summed E-state index contributed by atoms with van der Waals surface area (Å²) in [5.74, 6) is 0.970. The van der Waals surface area contributed by atoms with Crippen molar-refractivity contribution in [2.24, 2.45) is 0 Å². The van der Waals surface area contributed by atoms with Gasteiger partial charge in [0.15, 0.2) is 0 Å². The van der Waals surface area contributed by atoms with E-state index in [-0.39, 0.29) is 0 Å². The molecular formula is C21H29N3O. The molecule has 25 heavy (non-hydrogen) atoms. The Morgan fingerprint density at radius 2 is 1.88 bits per heavy atom. The summed E-state index contributed by atoms with van der Waals surface area (Å²) in [5, 5.41) is 4.11. The van der Waals surface area contributed by atoms with Crippen molar-refractivity contribution in [1.82, 2.24) is 15.0 Å². The third kappa shape index (κ3) is 3.02. The van der Waals surface area contributed by atoms with Crippen molar-refractivity contribution in [3.63, 3.8) is 0 Å². The highest BCUT2D eigenvalue weighted by atomic mass is 16.5. The molecule has 3 heterocycles. The maximum Gasteiger partial charge on any atom is 0.138 e. The van der Waals surface area contributed by atoms with Gasteiger partial charge in [-0.2, -0.15) is 0 Å². The Bertz CT molecular complexity index is 724. The summed E-state index contributed by atoms with van der Waals surface area (Å²) in [7, 11) is 0. The van der Waals surface area contributed by atoms with Gasteiger partial charge in [0.1, 0.15) is 5.76 Å². The molecule has 0 amide bonds. The van der Waals surface area contributed by atoms with Crippen LogP contribution in [-0.2, 0) is 18.5 Å². The average Bonchev–Trinajstić information content (AvgIpc) is 2.95. The molecule has 4 nitrogen and oxygen atoms in total. The van der Waals surface area contributed by atoms with Crippen LogP contribution < -0.4 is 0 Å². The Hall–Kier alpha value is -1.65. The normalized spacial score (nSPS) is 20.8. The van der Waals surface area contributed by atoms with Gasteiger partial charge in [-0.3, -0.25) is 9.80 Å². The summed E-state index contributed by atoms with van der Waals surface area (Å²) in [5.41, 5.74) is 5.79. The Morgan fingerprint density at radius 1 is 1.12 bits per heavy atom. The molecule has 4 heteroatoms. The van der Waals surface area contributed by atoms with E-state index in [0.717, 1.165) is 44.2 Å². The smallest absolute Gasteiger partial charge is 0.138 e. The standard InChI is InChI=1S/C21H29N3O/c1-4-23-13-18-7-5-6-8-20(18)21(15-23)9-11-24(12-10-21)14-19-16(2)22-25-17(19)3/h5-8H,4,9-15H2,1-3H3. The van der Waals surface area contributed by atoms with E-state index < -0.39 is 0 Å². The van der Waals surface area contributed by atoms with Crippen LogP contribution in [0, 0.1) is 13.8 Å². The highest BCUT2D eigenvalue weighted by Gasteiger charge is 2.41. The quantitative estimate of drug-likeness (QED) is 0.854. The molecule has 2 aliphatic heterocycles. The Kier molecular flexibility index (Phi) is 4.42. The van der Waals surface area contributed by atoms with Crippen LogP contribution in [0.1, 0.15) is 47.9 Å². The van der Waals surface area contributed by atoms with E-state index in [9.17, 15) is 0 Å². The number of piperidine rings is 1. The maximum atomic E-state index is 5.34. The zero-order chi connectivity index (χ0) is 17.4. The minimum Gasteiger partial charge on any atom is -0.361 e. The van der Waals surface area contributed by atoms with Gasteiger partial charge >= 0.3 is 0 Å². The maximum absolute atomic E-state index is 5.34. The van der Waals surface area contributed by atoms with Crippen molar-refractivity contribution < 1.29 is 4.52 Å². The number of hydrogen-bond acceptors (Lipinski definition) is 4. The van der Waals surface area contributed by atoms with Gasteiger partial charge in [-0.05, 0) is 57.5 Å². The summed E-state index contributed by atoms with van der Waals surface area (Å²) < 4.78 is 5.34. The number of hydrogen-bond donors (Lipinski definition) is 0. The number of aromatic nitrogens is 1. The van der Waals surface area contributed by atoms with Crippen LogP contribution >= 0.6 is 0 Å². The van der Waals surface area contributed by atoms with Crippen molar-refractivity contribution in [3.05, 3.63) is 52.4 Å². The molecule has 1 fully saturated rings. The molecule has 2 aliphatic rings. The SMILES string of the molecule is CCN1Cc2ccccc2C2(CCN(Cc3c(C)noc3C)CC2)C1. The Balaban J connectivity index is 1.52. The van der Waals surface area contributed by atoms with E-state index in [4.69, 9.17) is 4.52 Å². The molecule has 1 spiro atoms. The van der Waals surface area contributed by atoms with E-state index in [2.05, 4.69) is 46.1 Å². The van der Waals surface area contributed by atoms with Crippen molar-refractivity contribution in [2.45, 2.75) is 52.1 Å². The van der Waals surface area contributed by atoms with Gasteiger partial charge in [0.2, 0.25) is 0 Å². The molecule has 0 bridgehead atoms. The second-order valence-corrected chi connectivity index (χ2v) is 7.82. The van der Waals surface area contributed by atoms with Gasteiger partial charge < -0.3 is 4.52 Å². The molecular weight excluding hydrogens is 310 g/mol. The van der Waals surface area contributed by atoms with Gasteiger partial charge in [0.25, 0.3) is 0 Å². The van der Waals surface area contributed by atoms with Gasteiger partial charge in [-0.1, -0.05) is 36.3 Å². The number of aryl methyl sites for hydroxylation is 2. The van der Waals surface area contributed by atoms with Crippen molar-refractivity contribution in [1.29, 1.82) is 0 Å². The van der Waals surface area contributed by atoms with E-state index in [0.29, 0.717) is 5.41 Å². The number of likely N-dealkylation sites (tertiary alicyclic amines) is 1. The number of nitrogens with zero attached hydrogens (tertiary/aromatic N) is 3. The summed E-state index contributed by atoms with van der Waals surface area (Å²) in [4.78, 5) is 5.19. The van der Waals surface area contributed by atoms with Crippen LogP contribution in [0.3, 0.4) is 0 Å². The second-order valence-electron chi connectivity index (χ2n) is 7.82. The average molecular weight is 339 g/mol. The Morgan fingerprint density at radius 3 is 2.56 bits per heavy atom. The molecule has 0 atom stereocenters. The molecule has 134 valence electrons. The first-order valence-electron chi connectivity index (χ1n) is 9.56. The summed E-state index contributed by atoms with van der Waals surface area (Å²) in [6.07, 6.45) is 2.48. The zero-order valence-electron chi connectivity index (χ0n) is 15.7. The molecule has 4 rings (SSSR count). The van der Waals surface area contributed by atoms with Crippen molar-refractivity contribution in [3.8, 4) is 0 Å². The summed E-state index contributed by atoms with van der Waals surface area (Å²) >= 11 is 0. The first-order chi connectivity index (χ1) is 12.1. The highest BCUT2D eigenvalue weighted by molar-refractivity contribution is 5.38. The van der Waals surface area contributed by atoms with Crippen LogP contribution in [0.4, 0.5) is 0 Å². The lowest BCUT2D eigenvalue weighted by atomic mass is 9.69. The molecule has 1 saturated heterocycles. The molecule has 0 radical (unpaired) electrons. The summed E-state index contributed by atoms with van der Waals surface area (Å²) in [6.45, 7) is 13.1. The van der Waals surface area contributed by atoms with E-state index in [1.807, 2.05) is 13.8 Å². The Labute approximate surface area is 150 Å². The molecule has 0 saturated carbocycles. The monoisotopic (exact) mass is 339 g/mol. The lowest BCUT2D eigenvalue weighted by Crippen LogP contribution is -2.51. The van der Waals surface area contributed by atoms with Gasteiger partial charge in [-0.25, -0.2) is 0 Å². The van der Waals surface area contributed by atoms with Crippen LogP contribution in [-0.4, -0.2) is 41.1 Å². The van der Waals surface area contributed by atoms with Crippen LogP contribution in [0.5, 0.6) is 0 Å². The zero-order valence-corrected chi connectivity index (χ0v) is 15.7. The minimum absolute atomic E-state index is 0.333. The number of rotatable bonds is 3. The largest absolute Gasteiger partial charge is 0.361 e. The van der Waals surface area contributed by atoms with E-state index in [1.54, 1.807) is 5.56 Å². The summed E-state index contributed by atoms with van der Waals surface area (Å²) in [6, 6.07) is 9.12. The number of likely N-dealkylation sites (N-methyl/N-ethyl adjacent to an activating group) is 1. The minimum atomic E-state index is 0.333. The predicted molar refractivity (Wildman–Crippen MR) is 99.6 cm³/mol. The van der Waals surface area contributed by atoms with Crippen molar-refractivity contribution in [2.75, 3.05) is 26.2 Å². The second kappa shape index (κ2) is 6.58. The van der Waals surface area contributed by atoms with Crippen molar-refractivity contribution >= 4 is 0 Å². The molecule has 1 aromatic heterocycles. The number of fused-ring (bicyclic) bond motifs is 2. The van der Waals surface area contributed by atoms with Gasteiger partial charge in [0.05, 0.1) is 5.69 Å². The van der Waals surface area contributed by atoms with E-state index in [1.165, 1.54) is 30.5 Å². The van der Waals surface area contributed by atoms with Crippen LogP contribution in [0.2, 0.25) is 0 Å². The van der Waals surface area contributed by atoms with E-state index >= 15 is 0 Å². The lowest BCUT2D eigenvalue weighted by Gasteiger charge is -2.48. The topological polar surface area (TPSA) is 32.5 Å². The fourth-order valence-electron chi connectivity index (χ4n) is 4.73. The molecule has 0 aliphatic carbocycles. The third-order valence-electron chi connectivity index (χ3n) is 6.33.